The topological polar surface area (TPSA) is 69.4 Å². The molecular formula is C17H20N2O2S. The fraction of sp³-hybridized carbons (Fsp3) is 0.235. The average molecular weight is 316 g/mol. The van der Waals surface area contributed by atoms with Crippen molar-refractivity contribution in [3.63, 3.8) is 0 Å². The molecule has 2 aromatic carbocycles. The van der Waals surface area contributed by atoms with Crippen LogP contribution in [-0.2, 0) is 11.2 Å². The highest BCUT2D eigenvalue weighted by molar-refractivity contribution is 7.92. The van der Waals surface area contributed by atoms with Crippen LogP contribution in [0.3, 0.4) is 0 Å². The third-order valence-electron chi connectivity index (χ3n) is 3.11. The molecule has 0 spiro atoms. The van der Waals surface area contributed by atoms with Crippen LogP contribution in [-0.4, -0.2) is 15.2 Å². The maximum atomic E-state index is 12.4. The second kappa shape index (κ2) is 6.52. The summed E-state index contributed by atoms with van der Waals surface area (Å²) in [5.74, 6) is 5.63. The van der Waals surface area contributed by atoms with Gasteiger partial charge in [0, 0.05) is 11.6 Å². The molecule has 2 rings (SSSR count). The fourth-order valence-electron chi connectivity index (χ4n) is 1.94. The summed E-state index contributed by atoms with van der Waals surface area (Å²) in [5, 5.41) is 1.08. The van der Waals surface area contributed by atoms with Gasteiger partial charge in [-0.25, -0.2) is 10.9 Å². The van der Waals surface area contributed by atoms with Crippen LogP contribution in [0.1, 0.15) is 31.1 Å². The van der Waals surface area contributed by atoms with Gasteiger partial charge in [0.1, 0.15) is 4.75 Å². The molecule has 1 amide bonds. The highest BCUT2D eigenvalue weighted by atomic mass is 32.2. The number of rotatable bonds is 3. The van der Waals surface area contributed by atoms with Crippen molar-refractivity contribution < 1.29 is 9.35 Å². The number of nitrogens with zero attached hydrogens (tertiary/aromatic N) is 1. The first-order chi connectivity index (χ1) is 10.3. The molecule has 1 unspecified atom stereocenters. The molecule has 0 aliphatic carbocycles. The maximum Gasteiger partial charge on any atom is 0.272 e. The Morgan fingerprint density at radius 2 is 1.73 bits per heavy atom. The summed E-state index contributed by atoms with van der Waals surface area (Å²) in [4.78, 5) is 13.0. The van der Waals surface area contributed by atoms with Gasteiger partial charge in [-0.3, -0.25) is 4.79 Å². The lowest BCUT2D eigenvalue weighted by Gasteiger charge is -2.25. The summed E-state index contributed by atoms with van der Waals surface area (Å²) in [7, 11) is 0. The first-order valence-electron chi connectivity index (χ1n) is 6.97. The van der Waals surface area contributed by atoms with E-state index in [0.717, 1.165) is 5.01 Å². The quantitative estimate of drug-likeness (QED) is 0.409. The molecule has 1 atom stereocenters. The SMILES string of the molecule is CC(C)(C)[S+]([O-])c1cccc(N(N)C(=O)c2ccccc2)c1. The number of amides is 1. The van der Waals surface area contributed by atoms with Gasteiger partial charge in [0.15, 0.2) is 4.90 Å². The largest absolute Gasteiger partial charge is 0.611 e. The molecule has 2 N–H and O–H groups in total. The third-order valence-corrected chi connectivity index (χ3v) is 4.90. The van der Waals surface area contributed by atoms with Crippen LogP contribution in [0.4, 0.5) is 5.69 Å². The second-order valence-electron chi connectivity index (χ2n) is 5.92. The van der Waals surface area contributed by atoms with Crippen molar-refractivity contribution in [2.45, 2.75) is 30.4 Å². The fourth-order valence-corrected chi connectivity index (χ4v) is 3.08. The predicted molar refractivity (Wildman–Crippen MR) is 90.0 cm³/mol. The van der Waals surface area contributed by atoms with Gasteiger partial charge in [-0.05, 0) is 56.2 Å². The zero-order chi connectivity index (χ0) is 16.3. The summed E-state index contributed by atoms with van der Waals surface area (Å²) in [6.45, 7) is 5.72. The number of carbonyl (C=O) groups excluding carboxylic acids is 1. The van der Waals surface area contributed by atoms with Crippen LogP contribution in [0.25, 0.3) is 0 Å². The Bertz CT molecular complexity index is 653. The van der Waals surface area contributed by atoms with Crippen molar-refractivity contribution in [1.82, 2.24) is 0 Å². The van der Waals surface area contributed by atoms with Gasteiger partial charge >= 0.3 is 0 Å². The Kier molecular flexibility index (Phi) is 4.90. The zero-order valence-electron chi connectivity index (χ0n) is 12.9. The second-order valence-corrected chi connectivity index (χ2v) is 8.15. The van der Waals surface area contributed by atoms with Gasteiger partial charge in [0.05, 0.1) is 5.69 Å². The Morgan fingerprint density at radius 3 is 2.32 bits per heavy atom. The van der Waals surface area contributed by atoms with Crippen molar-refractivity contribution in [2.75, 3.05) is 5.01 Å². The number of benzene rings is 2. The van der Waals surface area contributed by atoms with E-state index in [-0.39, 0.29) is 10.7 Å². The molecule has 0 radical (unpaired) electrons. The van der Waals surface area contributed by atoms with E-state index in [2.05, 4.69) is 0 Å². The Hall–Kier alpha value is -1.82. The van der Waals surface area contributed by atoms with Crippen LogP contribution in [0.5, 0.6) is 0 Å². The van der Waals surface area contributed by atoms with Crippen LogP contribution in [0.2, 0.25) is 0 Å². The Morgan fingerprint density at radius 1 is 1.09 bits per heavy atom. The number of anilines is 1. The van der Waals surface area contributed by atoms with Crippen LogP contribution in [0, 0.1) is 0 Å². The number of hydrogen-bond acceptors (Lipinski definition) is 3. The van der Waals surface area contributed by atoms with Crippen molar-refractivity contribution in [3.05, 3.63) is 60.2 Å². The van der Waals surface area contributed by atoms with E-state index < -0.39 is 11.2 Å². The van der Waals surface area contributed by atoms with Crippen LogP contribution in [0.15, 0.2) is 59.5 Å². The van der Waals surface area contributed by atoms with Gasteiger partial charge in [0.2, 0.25) is 0 Å². The van der Waals surface area contributed by atoms with Gasteiger partial charge in [0.25, 0.3) is 5.91 Å². The number of hydrazine groups is 1. The molecule has 4 nitrogen and oxygen atoms in total. The molecule has 0 aliphatic heterocycles. The third kappa shape index (κ3) is 3.68. The number of nitrogens with two attached hydrogens (primary N) is 1. The smallest absolute Gasteiger partial charge is 0.272 e. The molecule has 0 saturated carbocycles. The standard InChI is InChI=1S/C17H20N2O2S/c1-17(2,3)22(21)15-11-7-10-14(12-15)19(18)16(20)13-8-5-4-6-9-13/h4-12H,18H2,1-3H3. The first-order valence-corrected chi connectivity index (χ1v) is 8.12. The lowest BCUT2D eigenvalue weighted by molar-refractivity contribution is 0.0987. The van der Waals surface area contributed by atoms with Crippen molar-refractivity contribution >= 4 is 22.8 Å². The molecule has 0 saturated heterocycles. The van der Waals surface area contributed by atoms with E-state index in [9.17, 15) is 9.35 Å². The van der Waals surface area contributed by atoms with E-state index in [1.807, 2.05) is 26.8 Å². The van der Waals surface area contributed by atoms with E-state index in [0.29, 0.717) is 16.1 Å². The Balaban J connectivity index is 2.28. The molecule has 2 aromatic rings. The highest BCUT2D eigenvalue weighted by Crippen LogP contribution is 2.27. The monoisotopic (exact) mass is 316 g/mol. The lowest BCUT2D eigenvalue weighted by Crippen LogP contribution is -2.37. The summed E-state index contributed by atoms with van der Waals surface area (Å²) < 4.78 is 12.1. The minimum absolute atomic E-state index is 0.306. The lowest BCUT2D eigenvalue weighted by atomic mass is 10.2. The molecule has 0 aliphatic rings. The normalized spacial score (nSPS) is 12.8. The molecule has 0 aromatic heterocycles. The maximum absolute atomic E-state index is 12.4. The van der Waals surface area contributed by atoms with Gasteiger partial charge in [-0.1, -0.05) is 24.3 Å². The van der Waals surface area contributed by atoms with Crippen LogP contribution < -0.4 is 10.9 Å². The van der Waals surface area contributed by atoms with Crippen molar-refractivity contribution in [3.8, 4) is 0 Å². The highest BCUT2D eigenvalue weighted by Gasteiger charge is 2.28. The van der Waals surface area contributed by atoms with Crippen molar-refractivity contribution in [1.29, 1.82) is 0 Å². The van der Waals surface area contributed by atoms with Crippen LogP contribution >= 0.6 is 0 Å². The van der Waals surface area contributed by atoms with Gasteiger partial charge in [-0.15, -0.1) is 0 Å². The van der Waals surface area contributed by atoms with E-state index in [1.54, 1.807) is 48.5 Å². The van der Waals surface area contributed by atoms with Gasteiger partial charge in [-0.2, -0.15) is 0 Å². The molecule has 22 heavy (non-hydrogen) atoms. The average Bonchev–Trinajstić information content (AvgIpc) is 2.52. The molecule has 0 heterocycles. The Labute approximate surface area is 134 Å². The summed E-state index contributed by atoms with van der Waals surface area (Å²) in [6.07, 6.45) is 0. The predicted octanol–water partition coefficient (Wildman–Crippen LogP) is 3.11. The van der Waals surface area contributed by atoms with E-state index in [1.165, 1.54) is 0 Å². The molecule has 0 bridgehead atoms. The summed E-state index contributed by atoms with van der Waals surface area (Å²) in [5.41, 5.74) is 1.02. The first kappa shape index (κ1) is 16.5. The minimum atomic E-state index is -1.18. The number of hydrogen-bond donors (Lipinski definition) is 1. The molecule has 5 heteroatoms. The zero-order valence-corrected chi connectivity index (χ0v) is 13.8. The summed E-state index contributed by atoms with van der Waals surface area (Å²) in [6, 6.07) is 15.8. The van der Waals surface area contributed by atoms with Crippen molar-refractivity contribution in [2.24, 2.45) is 5.84 Å². The van der Waals surface area contributed by atoms with E-state index in [4.69, 9.17) is 5.84 Å². The van der Waals surface area contributed by atoms with Gasteiger partial charge < -0.3 is 4.55 Å². The molecule has 116 valence electrons. The van der Waals surface area contributed by atoms with E-state index >= 15 is 0 Å². The molecule has 0 fully saturated rings. The molecular weight excluding hydrogens is 296 g/mol. The number of carbonyl (C=O) groups is 1. The summed E-state index contributed by atoms with van der Waals surface area (Å²) >= 11 is -1.18. The minimum Gasteiger partial charge on any atom is -0.611 e.